The van der Waals surface area contributed by atoms with Crippen LogP contribution in [0.15, 0.2) is 29.2 Å². The van der Waals surface area contributed by atoms with Gasteiger partial charge in [-0.3, -0.25) is 0 Å². The van der Waals surface area contributed by atoms with Gasteiger partial charge in [-0.05, 0) is 62.6 Å². The number of hydrogen-bond acceptors (Lipinski definition) is 5. The van der Waals surface area contributed by atoms with Gasteiger partial charge >= 0.3 is 0 Å². The van der Waals surface area contributed by atoms with Crippen molar-refractivity contribution in [3.8, 4) is 5.75 Å². The van der Waals surface area contributed by atoms with Crippen molar-refractivity contribution in [1.29, 1.82) is 0 Å². The lowest BCUT2D eigenvalue weighted by molar-refractivity contribution is 0.203. The van der Waals surface area contributed by atoms with Gasteiger partial charge in [0.15, 0.2) is 0 Å². The van der Waals surface area contributed by atoms with Gasteiger partial charge in [-0.15, -0.1) is 11.3 Å². The summed E-state index contributed by atoms with van der Waals surface area (Å²) in [4.78, 5) is 2.17. The van der Waals surface area contributed by atoms with Crippen molar-refractivity contribution in [3.63, 3.8) is 0 Å². The number of hydrogen-bond donors (Lipinski definition) is 2. The summed E-state index contributed by atoms with van der Waals surface area (Å²) in [6.07, 6.45) is 0.0933. The van der Waals surface area contributed by atoms with Crippen molar-refractivity contribution < 1.29 is 18.3 Å². The molecule has 0 amide bonds. The molecule has 2 N–H and O–H groups in total. The average Bonchev–Trinajstić information content (AvgIpc) is 2.96. The Morgan fingerprint density at radius 3 is 2.38 bits per heavy atom. The molecule has 0 aliphatic rings. The van der Waals surface area contributed by atoms with E-state index in [-0.39, 0.29) is 4.90 Å². The first kappa shape index (κ1) is 18.9. The summed E-state index contributed by atoms with van der Waals surface area (Å²) in [5.74, 6) is 0.707. The molecule has 132 valence electrons. The van der Waals surface area contributed by atoms with Crippen LogP contribution in [0.2, 0.25) is 0 Å². The Labute approximate surface area is 147 Å². The maximum atomic E-state index is 12.5. The molecular formula is C17H23NO4S2. The minimum Gasteiger partial charge on any atom is -0.496 e. The molecule has 0 radical (unpaired) electrons. The zero-order valence-corrected chi connectivity index (χ0v) is 15.9. The molecule has 0 aliphatic carbocycles. The standard InChI is InChI=1S/C17H23NO4S2/c1-11-9-15(10-12(2)17(11)22-4)24(20,21)18-8-7-14-5-6-16(23-14)13(3)19/h5-6,9-10,13,18-19H,7-8H2,1-4H3. The maximum absolute atomic E-state index is 12.5. The molecule has 1 atom stereocenters. The smallest absolute Gasteiger partial charge is 0.240 e. The summed E-state index contributed by atoms with van der Waals surface area (Å²) >= 11 is 1.50. The zero-order chi connectivity index (χ0) is 17.9. The van der Waals surface area contributed by atoms with E-state index in [4.69, 9.17) is 4.74 Å². The molecule has 0 bridgehead atoms. The molecule has 0 saturated carbocycles. The third-order valence-electron chi connectivity index (χ3n) is 3.71. The second-order valence-electron chi connectivity index (χ2n) is 5.72. The SMILES string of the molecule is COc1c(C)cc(S(=O)(=O)NCCc2ccc(C(C)O)s2)cc1C. The summed E-state index contributed by atoms with van der Waals surface area (Å²) in [5, 5.41) is 9.52. The topological polar surface area (TPSA) is 75.6 Å². The lowest BCUT2D eigenvalue weighted by atomic mass is 10.1. The number of methoxy groups -OCH3 is 1. The zero-order valence-electron chi connectivity index (χ0n) is 14.3. The number of ether oxygens (including phenoxy) is 1. The first-order chi connectivity index (χ1) is 11.2. The summed E-state index contributed by atoms with van der Waals surface area (Å²) < 4.78 is 32.8. The van der Waals surface area contributed by atoms with E-state index in [1.165, 1.54) is 11.3 Å². The van der Waals surface area contributed by atoms with E-state index in [9.17, 15) is 13.5 Å². The van der Waals surface area contributed by atoms with E-state index >= 15 is 0 Å². The average molecular weight is 370 g/mol. The van der Waals surface area contributed by atoms with Gasteiger partial charge in [0.1, 0.15) is 5.75 Å². The van der Waals surface area contributed by atoms with Crippen LogP contribution in [0.1, 0.15) is 33.9 Å². The summed E-state index contributed by atoms with van der Waals surface area (Å²) in [6.45, 7) is 5.68. The molecule has 1 aromatic carbocycles. The summed E-state index contributed by atoms with van der Waals surface area (Å²) in [5.41, 5.74) is 1.58. The van der Waals surface area contributed by atoms with Gasteiger partial charge < -0.3 is 9.84 Å². The number of nitrogens with one attached hydrogen (secondary N) is 1. The molecule has 24 heavy (non-hydrogen) atoms. The van der Waals surface area contributed by atoms with Crippen molar-refractivity contribution in [2.24, 2.45) is 0 Å². The number of benzene rings is 1. The van der Waals surface area contributed by atoms with Crippen LogP contribution in [-0.4, -0.2) is 27.2 Å². The van der Waals surface area contributed by atoms with E-state index in [0.29, 0.717) is 18.7 Å². The van der Waals surface area contributed by atoms with Gasteiger partial charge in [0.05, 0.1) is 18.1 Å². The number of rotatable bonds is 7. The second-order valence-corrected chi connectivity index (χ2v) is 8.69. The second kappa shape index (κ2) is 7.65. The molecule has 5 nitrogen and oxygen atoms in total. The van der Waals surface area contributed by atoms with Crippen molar-refractivity contribution in [3.05, 3.63) is 45.1 Å². The number of sulfonamides is 1. The first-order valence-corrected chi connectivity index (χ1v) is 9.96. The maximum Gasteiger partial charge on any atom is 0.240 e. The highest BCUT2D eigenvalue weighted by Crippen LogP contribution is 2.26. The van der Waals surface area contributed by atoms with E-state index in [2.05, 4.69) is 4.72 Å². The molecule has 0 fully saturated rings. The normalized spacial score (nSPS) is 13.0. The van der Waals surface area contributed by atoms with Crippen LogP contribution in [0.5, 0.6) is 5.75 Å². The first-order valence-electron chi connectivity index (χ1n) is 7.66. The Balaban J connectivity index is 2.06. The largest absolute Gasteiger partial charge is 0.496 e. The Morgan fingerprint density at radius 1 is 1.25 bits per heavy atom. The fourth-order valence-electron chi connectivity index (χ4n) is 2.53. The molecule has 0 saturated heterocycles. The Morgan fingerprint density at radius 2 is 1.88 bits per heavy atom. The molecule has 1 aromatic heterocycles. The molecule has 1 heterocycles. The third kappa shape index (κ3) is 4.36. The minimum absolute atomic E-state index is 0.245. The molecule has 0 aliphatic heterocycles. The van der Waals surface area contributed by atoms with Crippen LogP contribution in [0.25, 0.3) is 0 Å². The van der Waals surface area contributed by atoms with Gasteiger partial charge in [0.2, 0.25) is 10.0 Å². The van der Waals surface area contributed by atoms with E-state index < -0.39 is 16.1 Å². The molecule has 1 unspecified atom stereocenters. The van der Waals surface area contributed by atoms with Crippen LogP contribution in [0.3, 0.4) is 0 Å². The highest BCUT2D eigenvalue weighted by molar-refractivity contribution is 7.89. The van der Waals surface area contributed by atoms with Gasteiger partial charge in [-0.2, -0.15) is 0 Å². The summed E-state index contributed by atoms with van der Waals surface area (Å²) in [7, 11) is -1.99. The van der Waals surface area contributed by atoms with E-state index in [1.54, 1.807) is 26.2 Å². The molecule has 2 rings (SSSR count). The Hall–Kier alpha value is -1.41. The van der Waals surface area contributed by atoms with Gasteiger partial charge in [0.25, 0.3) is 0 Å². The fraction of sp³-hybridized carbons (Fsp3) is 0.412. The van der Waals surface area contributed by atoms with E-state index in [0.717, 1.165) is 20.9 Å². The van der Waals surface area contributed by atoms with Gasteiger partial charge in [-0.25, -0.2) is 13.1 Å². The molecular weight excluding hydrogens is 346 g/mol. The van der Waals surface area contributed by atoms with Crippen molar-refractivity contribution in [2.45, 2.75) is 38.2 Å². The number of aliphatic hydroxyl groups excluding tert-OH is 1. The van der Waals surface area contributed by atoms with Crippen molar-refractivity contribution in [2.75, 3.05) is 13.7 Å². The monoisotopic (exact) mass is 369 g/mol. The van der Waals surface area contributed by atoms with Gasteiger partial charge in [0, 0.05) is 16.3 Å². The molecule has 2 aromatic rings. The number of aryl methyl sites for hydroxylation is 2. The summed E-state index contributed by atoms with van der Waals surface area (Å²) in [6, 6.07) is 7.02. The van der Waals surface area contributed by atoms with Crippen molar-refractivity contribution in [1.82, 2.24) is 4.72 Å². The van der Waals surface area contributed by atoms with Crippen LogP contribution in [0.4, 0.5) is 0 Å². The predicted molar refractivity (Wildman–Crippen MR) is 96.3 cm³/mol. The van der Waals surface area contributed by atoms with Crippen molar-refractivity contribution >= 4 is 21.4 Å². The Bertz CT molecular complexity index is 787. The Kier molecular flexibility index (Phi) is 6.03. The number of aliphatic hydroxyl groups is 1. The highest BCUT2D eigenvalue weighted by Gasteiger charge is 2.17. The fourth-order valence-corrected chi connectivity index (χ4v) is 4.68. The lowest BCUT2D eigenvalue weighted by Crippen LogP contribution is -2.26. The molecule has 0 spiro atoms. The molecule has 7 heteroatoms. The van der Waals surface area contributed by atoms with Crippen LogP contribution >= 0.6 is 11.3 Å². The highest BCUT2D eigenvalue weighted by atomic mass is 32.2. The quantitative estimate of drug-likeness (QED) is 0.787. The predicted octanol–water partition coefficient (Wildman–Crippen LogP) is 2.95. The van der Waals surface area contributed by atoms with Gasteiger partial charge in [-0.1, -0.05) is 0 Å². The lowest BCUT2D eigenvalue weighted by Gasteiger charge is -2.12. The third-order valence-corrected chi connectivity index (χ3v) is 6.46. The van der Waals surface area contributed by atoms with Crippen LogP contribution < -0.4 is 9.46 Å². The van der Waals surface area contributed by atoms with Crippen LogP contribution in [-0.2, 0) is 16.4 Å². The van der Waals surface area contributed by atoms with Crippen LogP contribution in [0, 0.1) is 13.8 Å². The minimum atomic E-state index is -3.56. The van der Waals surface area contributed by atoms with E-state index in [1.807, 2.05) is 26.0 Å². The number of thiophene rings is 1.